The van der Waals surface area contributed by atoms with Crippen molar-refractivity contribution in [1.82, 2.24) is 9.97 Å². The van der Waals surface area contributed by atoms with Crippen molar-refractivity contribution in [3.8, 4) is 0 Å². The Kier molecular flexibility index (Phi) is 5.64. The van der Waals surface area contributed by atoms with E-state index in [9.17, 15) is 0 Å². The molecule has 6 heteroatoms. The van der Waals surface area contributed by atoms with Crippen molar-refractivity contribution in [3.05, 3.63) is 41.3 Å². The van der Waals surface area contributed by atoms with Gasteiger partial charge in [-0.25, -0.2) is 9.97 Å². The minimum Gasteiger partial charge on any atom is -0.374 e. The Morgan fingerprint density at radius 1 is 1.25 bits per heavy atom. The highest BCUT2D eigenvalue weighted by atomic mass is 35.5. The number of ether oxygens (including phenoxy) is 1. The zero-order chi connectivity index (χ0) is 14.4. The third-order valence-corrected chi connectivity index (χ3v) is 3.48. The van der Waals surface area contributed by atoms with Crippen molar-refractivity contribution in [2.24, 2.45) is 0 Å². The van der Waals surface area contributed by atoms with Gasteiger partial charge in [-0.3, -0.25) is 0 Å². The lowest BCUT2D eigenvalue weighted by Crippen LogP contribution is -2.02. The largest absolute Gasteiger partial charge is 0.374 e. The Balaban J connectivity index is 2.12. The molecule has 1 aromatic carbocycles. The van der Waals surface area contributed by atoms with E-state index in [2.05, 4.69) is 27.4 Å². The maximum atomic E-state index is 5.99. The maximum Gasteiger partial charge on any atom is 0.158 e. The van der Waals surface area contributed by atoms with Gasteiger partial charge in [0.1, 0.15) is 17.6 Å². The highest BCUT2D eigenvalue weighted by molar-refractivity contribution is 7.98. The summed E-state index contributed by atoms with van der Waals surface area (Å²) in [5, 5.41) is 3.61. The highest BCUT2D eigenvalue weighted by Crippen LogP contribution is 2.21. The van der Waals surface area contributed by atoms with Crippen LogP contribution in [0.5, 0.6) is 0 Å². The van der Waals surface area contributed by atoms with Gasteiger partial charge in [0, 0.05) is 23.3 Å². The third kappa shape index (κ3) is 4.37. The van der Waals surface area contributed by atoms with E-state index < -0.39 is 0 Å². The SMILES string of the molecule is CCOCc1nc(Cl)cc(Nc2ccc(SC)cc2)n1. The number of benzene rings is 1. The van der Waals surface area contributed by atoms with Crippen LogP contribution in [0.25, 0.3) is 0 Å². The summed E-state index contributed by atoms with van der Waals surface area (Å²) in [5.74, 6) is 1.24. The van der Waals surface area contributed by atoms with Crippen molar-refractivity contribution >= 4 is 34.9 Å². The molecule has 0 unspecified atom stereocenters. The Morgan fingerprint density at radius 2 is 2.00 bits per heavy atom. The molecule has 20 heavy (non-hydrogen) atoms. The molecule has 0 spiro atoms. The van der Waals surface area contributed by atoms with Gasteiger partial charge < -0.3 is 10.1 Å². The molecule has 0 saturated carbocycles. The van der Waals surface area contributed by atoms with Crippen LogP contribution in [0.15, 0.2) is 35.2 Å². The van der Waals surface area contributed by atoms with Crippen LogP contribution in [-0.4, -0.2) is 22.8 Å². The molecule has 106 valence electrons. The normalized spacial score (nSPS) is 10.6. The Morgan fingerprint density at radius 3 is 2.65 bits per heavy atom. The van der Waals surface area contributed by atoms with Crippen LogP contribution in [0.2, 0.25) is 5.15 Å². The summed E-state index contributed by atoms with van der Waals surface area (Å²) in [6.07, 6.45) is 2.05. The average molecular weight is 310 g/mol. The number of hydrogen-bond donors (Lipinski definition) is 1. The van der Waals surface area contributed by atoms with Crippen LogP contribution in [0.1, 0.15) is 12.7 Å². The predicted octanol–water partition coefficient (Wildman–Crippen LogP) is 4.13. The van der Waals surface area contributed by atoms with E-state index >= 15 is 0 Å². The number of aromatic nitrogens is 2. The van der Waals surface area contributed by atoms with Crippen LogP contribution in [0, 0.1) is 0 Å². The van der Waals surface area contributed by atoms with E-state index in [1.165, 1.54) is 4.90 Å². The quantitative estimate of drug-likeness (QED) is 0.642. The van der Waals surface area contributed by atoms with E-state index in [0.717, 1.165) is 5.69 Å². The van der Waals surface area contributed by atoms with Gasteiger partial charge in [-0.1, -0.05) is 11.6 Å². The molecular formula is C14H16ClN3OS. The number of nitrogens with zero attached hydrogens (tertiary/aromatic N) is 2. The summed E-state index contributed by atoms with van der Waals surface area (Å²) in [5.41, 5.74) is 0.958. The first-order valence-corrected chi connectivity index (χ1v) is 7.84. The molecule has 0 aliphatic rings. The summed E-state index contributed by atoms with van der Waals surface area (Å²) in [6, 6.07) is 9.81. The second-order valence-corrected chi connectivity index (χ2v) is 5.25. The second kappa shape index (κ2) is 7.47. The molecule has 2 aromatic rings. The monoisotopic (exact) mass is 309 g/mol. The number of hydrogen-bond acceptors (Lipinski definition) is 5. The summed E-state index contributed by atoms with van der Waals surface area (Å²) >= 11 is 7.70. The van der Waals surface area contributed by atoms with Crippen molar-refractivity contribution in [3.63, 3.8) is 0 Å². The van der Waals surface area contributed by atoms with E-state index in [1.807, 2.05) is 25.3 Å². The van der Waals surface area contributed by atoms with Crippen LogP contribution in [0.3, 0.4) is 0 Å². The highest BCUT2D eigenvalue weighted by Gasteiger charge is 2.04. The number of halogens is 1. The van der Waals surface area contributed by atoms with E-state index in [1.54, 1.807) is 17.8 Å². The standard InChI is InChI=1S/C14H16ClN3OS/c1-3-19-9-14-17-12(15)8-13(18-14)16-10-4-6-11(20-2)7-5-10/h4-8H,3,9H2,1-2H3,(H,16,17,18). The molecule has 0 aliphatic heterocycles. The molecule has 0 fully saturated rings. The average Bonchev–Trinajstić information content (AvgIpc) is 2.45. The first kappa shape index (κ1) is 15.1. The summed E-state index contributed by atoms with van der Waals surface area (Å²) < 4.78 is 5.30. The fourth-order valence-corrected chi connectivity index (χ4v) is 2.22. The second-order valence-electron chi connectivity index (χ2n) is 3.98. The molecule has 0 aliphatic carbocycles. The van der Waals surface area contributed by atoms with Gasteiger partial charge in [0.2, 0.25) is 0 Å². The smallest absolute Gasteiger partial charge is 0.158 e. The summed E-state index contributed by atoms with van der Waals surface area (Å²) in [7, 11) is 0. The van der Waals surface area contributed by atoms with Crippen molar-refractivity contribution < 1.29 is 4.74 Å². The molecule has 0 saturated heterocycles. The van der Waals surface area contributed by atoms with Crippen LogP contribution in [0.4, 0.5) is 11.5 Å². The molecule has 0 atom stereocenters. The molecule has 1 aromatic heterocycles. The Hall–Kier alpha value is -1.30. The van der Waals surface area contributed by atoms with Gasteiger partial charge in [-0.2, -0.15) is 0 Å². The lowest BCUT2D eigenvalue weighted by Gasteiger charge is -2.08. The summed E-state index contributed by atoms with van der Waals surface area (Å²) in [4.78, 5) is 9.71. The molecule has 4 nitrogen and oxygen atoms in total. The maximum absolute atomic E-state index is 5.99. The molecule has 1 N–H and O–H groups in total. The molecule has 0 amide bonds. The van der Waals surface area contributed by atoms with Crippen molar-refractivity contribution in [1.29, 1.82) is 0 Å². The fraction of sp³-hybridized carbons (Fsp3) is 0.286. The van der Waals surface area contributed by atoms with Crippen LogP contribution in [-0.2, 0) is 11.3 Å². The van der Waals surface area contributed by atoms with Crippen LogP contribution < -0.4 is 5.32 Å². The van der Waals surface area contributed by atoms with Crippen molar-refractivity contribution in [2.75, 3.05) is 18.2 Å². The lowest BCUT2D eigenvalue weighted by atomic mass is 10.3. The van der Waals surface area contributed by atoms with E-state index in [-0.39, 0.29) is 0 Å². The molecular weight excluding hydrogens is 294 g/mol. The molecule has 2 rings (SSSR count). The first-order valence-electron chi connectivity index (χ1n) is 6.23. The lowest BCUT2D eigenvalue weighted by molar-refractivity contribution is 0.128. The number of thioether (sulfide) groups is 1. The predicted molar refractivity (Wildman–Crippen MR) is 83.9 cm³/mol. The molecule has 0 bridgehead atoms. The number of anilines is 2. The zero-order valence-electron chi connectivity index (χ0n) is 11.4. The van der Waals surface area contributed by atoms with Crippen molar-refractivity contribution in [2.45, 2.75) is 18.4 Å². The Labute approximate surface area is 127 Å². The van der Waals surface area contributed by atoms with Gasteiger partial charge in [0.15, 0.2) is 5.82 Å². The van der Waals surface area contributed by atoms with Gasteiger partial charge in [-0.05, 0) is 37.4 Å². The number of rotatable bonds is 6. The summed E-state index contributed by atoms with van der Waals surface area (Å²) in [6.45, 7) is 2.91. The van der Waals surface area contributed by atoms with Gasteiger partial charge in [0.05, 0.1) is 0 Å². The van der Waals surface area contributed by atoms with Gasteiger partial charge >= 0.3 is 0 Å². The molecule has 1 heterocycles. The van der Waals surface area contributed by atoms with Gasteiger partial charge in [0.25, 0.3) is 0 Å². The first-order chi connectivity index (χ1) is 9.71. The van der Waals surface area contributed by atoms with Gasteiger partial charge in [-0.15, -0.1) is 11.8 Å². The Bertz CT molecular complexity index is 563. The van der Waals surface area contributed by atoms with Crippen LogP contribution >= 0.6 is 23.4 Å². The minimum absolute atomic E-state index is 0.358. The third-order valence-electron chi connectivity index (χ3n) is 2.54. The number of nitrogens with one attached hydrogen (secondary N) is 1. The van der Waals surface area contributed by atoms with E-state index in [0.29, 0.717) is 30.0 Å². The minimum atomic E-state index is 0.358. The zero-order valence-corrected chi connectivity index (χ0v) is 13.0. The molecule has 0 radical (unpaired) electrons. The topological polar surface area (TPSA) is 47.0 Å². The fourth-order valence-electron chi connectivity index (χ4n) is 1.61. The van der Waals surface area contributed by atoms with E-state index in [4.69, 9.17) is 16.3 Å².